The second kappa shape index (κ2) is 8.65. The van der Waals surface area contributed by atoms with E-state index in [9.17, 15) is 4.39 Å². The van der Waals surface area contributed by atoms with E-state index < -0.39 is 0 Å². The predicted molar refractivity (Wildman–Crippen MR) is 121 cm³/mol. The number of halogens is 4. The maximum atomic E-state index is 13.3. The molecular formula is C22H22BrCl2FN2O2. The van der Waals surface area contributed by atoms with Gasteiger partial charge in [-0.3, -0.25) is 0 Å². The molecule has 0 bridgehead atoms. The number of hydrogen-bond donors (Lipinski definition) is 0. The number of nitrogens with zero attached hydrogens (tertiary/aromatic N) is 2. The molecule has 3 aromatic rings. The van der Waals surface area contributed by atoms with Gasteiger partial charge in [0.15, 0.2) is 5.58 Å². The van der Waals surface area contributed by atoms with E-state index in [1.54, 1.807) is 6.07 Å². The lowest BCUT2D eigenvalue weighted by Crippen LogP contribution is -2.47. The van der Waals surface area contributed by atoms with Crippen LogP contribution in [0.25, 0.3) is 11.0 Å². The molecule has 0 atom stereocenters. The molecule has 0 saturated carbocycles. The molecule has 30 heavy (non-hydrogen) atoms. The van der Waals surface area contributed by atoms with Crippen molar-refractivity contribution in [2.24, 2.45) is 0 Å². The average molecular weight is 516 g/mol. The molecule has 5 rings (SSSR count). The van der Waals surface area contributed by atoms with E-state index in [0.29, 0.717) is 10.6 Å². The monoisotopic (exact) mass is 514 g/mol. The summed E-state index contributed by atoms with van der Waals surface area (Å²) < 4.78 is 25.9. The van der Waals surface area contributed by atoms with E-state index in [4.69, 9.17) is 20.9 Å². The van der Waals surface area contributed by atoms with Crippen LogP contribution in [0, 0.1) is 5.82 Å². The van der Waals surface area contributed by atoms with Crippen LogP contribution >= 0.6 is 39.9 Å². The Kier molecular flexibility index (Phi) is 6.31. The molecule has 1 spiro atoms. The molecule has 0 N–H and O–H groups in total. The van der Waals surface area contributed by atoms with Crippen LogP contribution in [0.4, 0.5) is 4.39 Å². The normalized spacial score (nSPS) is 17.7. The van der Waals surface area contributed by atoms with Crippen LogP contribution in [0.5, 0.6) is 5.75 Å². The van der Waals surface area contributed by atoms with Crippen molar-refractivity contribution in [2.45, 2.75) is 37.7 Å². The minimum Gasteiger partial charge on any atom is -0.485 e. The zero-order valence-corrected chi connectivity index (χ0v) is 19.5. The number of benzene rings is 2. The molecule has 0 aliphatic carbocycles. The molecule has 1 aromatic heterocycles. The second-order valence-corrected chi connectivity index (χ2v) is 9.38. The van der Waals surface area contributed by atoms with Crippen molar-refractivity contribution < 1.29 is 13.7 Å². The molecule has 2 aliphatic rings. The lowest BCUT2D eigenvalue weighted by Gasteiger charge is -2.38. The minimum absolute atomic E-state index is 0. The molecule has 4 nitrogen and oxygen atoms in total. The number of aryl methyl sites for hydroxylation is 1. The topological polar surface area (TPSA) is 38.5 Å². The van der Waals surface area contributed by atoms with Crippen molar-refractivity contribution >= 4 is 50.9 Å². The van der Waals surface area contributed by atoms with Crippen LogP contribution in [0.1, 0.15) is 30.5 Å². The highest BCUT2D eigenvalue weighted by molar-refractivity contribution is 9.10. The first kappa shape index (κ1) is 21.9. The molecule has 3 heterocycles. The number of piperidine rings is 1. The van der Waals surface area contributed by atoms with Gasteiger partial charge < -0.3 is 14.2 Å². The van der Waals surface area contributed by atoms with Gasteiger partial charge in [-0.2, -0.15) is 0 Å². The third kappa shape index (κ3) is 4.20. The maximum absolute atomic E-state index is 13.3. The molecule has 1 saturated heterocycles. The van der Waals surface area contributed by atoms with E-state index in [1.807, 2.05) is 6.07 Å². The first-order valence-corrected chi connectivity index (χ1v) is 11.1. The second-order valence-electron chi connectivity index (χ2n) is 8.05. The van der Waals surface area contributed by atoms with Gasteiger partial charge in [0.25, 0.3) is 0 Å². The largest absolute Gasteiger partial charge is 0.485 e. The fourth-order valence-electron chi connectivity index (χ4n) is 4.54. The van der Waals surface area contributed by atoms with Crippen LogP contribution in [0.3, 0.4) is 0 Å². The summed E-state index contributed by atoms with van der Waals surface area (Å²) in [6, 6.07) is 8.62. The van der Waals surface area contributed by atoms with Gasteiger partial charge in [0.1, 0.15) is 17.2 Å². The summed E-state index contributed by atoms with van der Waals surface area (Å²) in [6.07, 6.45) is 4.75. The van der Waals surface area contributed by atoms with Crippen LogP contribution in [0.2, 0.25) is 5.02 Å². The summed E-state index contributed by atoms with van der Waals surface area (Å²) in [5.74, 6) is 0.560. The van der Waals surface area contributed by atoms with E-state index in [2.05, 4.69) is 32.1 Å². The Morgan fingerprint density at radius 2 is 2.00 bits per heavy atom. The Morgan fingerprint density at radius 3 is 2.80 bits per heavy atom. The summed E-state index contributed by atoms with van der Waals surface area (Å²) in [6.45, 7) is 3.03. The van der Waals surface area contributed by atoms with Crippen LogP contribution < -0.4 is 4.74 Å². The standard InChI is InChI=1S/C22H21BrClFN2O2.ClH/c23-15-10-14-13-22(28-21(14)18(24)11-15)5-8-27(9-6-22)7-1-2-19-17-4-3-16(25)12-20(17)29-26-19;/h3-4,10-12H,1-2,5-9,13H2;1H. The Bertz CT molecular complexity index is 1070. The molecule has 0 amide bonds. The van der Waals surface area contributed by atoms with Crippen molar-refractivity contribution in [1.82, 2.24) is 10.1 Å². The quantitative estimate of drug-likeness (QED) is 0.414. The van der Waals surface area contributed by atoms with Gasteiger partial charge in [0, 0.05) is 53.8 Å². The summed E-state index contributed by atoms with van der Waals surface area (Å²) in [4.78, 5) is 2.48. The summed E-state index contributed by atoms with van der Waals surface area (Å²) in [7, 11) is 0. The van der Waals surface area contributed by atoms with Gasteiger partial charge in [0.05, 0.1) is 10.7 Å². The van der Waals surface area contributed by atoms with Gasteiger partial charge >= 0.3 is 0 Å². The zero-order valence-electron chi connectivity index (χ0n) is 16.3. The predicted octanol–water partition coefficient (Wildman–Crippen LogP) is 6.21. The number of fused-ring (bicyclic) bond motifs is 2. The molecule has 0 unspecified atom stereocenters. The van der Waals surface area contributed by atoms with Gasteiger partial charge in [0.2, 0.25) is 0 Å². The van der Waals surface area contributed by atoms with Gasteiger partial charge in [-0.25, -0.2) is 4.39 Å². The van der Waals surface area contributed by atoms with Crippen molar-refractivity contribution in [3.8, 4) is 5.75 Å². The van der Waals surface area contributed by atoms with Crippen molar-refractivity contribution in [3.63, 3.8) is 0 Å². The Labute approximate surface area is 194 Å². The van der Waals surface area contributed by atoms with E-state index >= 15 is 0 Å². The zero-order chi connectivity index (χ0) is 20.0. The summed E-state index contributed by atoms with van der Waals surface area (Å²) in [5, 5.41) is 5.71. The molecule has 2 aromatic carbocycles. The van der Waals surface area contributed by atoms with Crippen LogP contribution in [-0.4, -0.2) is 35.3 Å². The van der Waals surface area contributed by atoms with E-state index in [1.165, 1.54) is 17.7 Å². The summed E-state index contributed by atoms with van der Waals surface area (Å²) in [5.41, 5.74) is 2.51. The molecule has 160 valence electrons. The van der Waals surface area contributed by atoms with Crippen molar-refractivity contribution in [3.05, 3.63) is 56.9 Å². The Morgan fingerprint density at radius 1 is 1.20 bits per heavy atom. The number of aromatic nitrogens is 1. The SMILES string of the molecule is Cl.Fc1ccc2c(CCCN3CCC4(CC3)Cc3cc(Br)cc(Cl)c3O4)noc2c1. The smallest absolute Gasteiger partial charge is 0.170 e. The molecule has 2 aliphatic heterocycles. The third-order valence-electron chi connectivity index (χ3n) is 6.08. The highest BCUT2D eigenvalue weighted by atomic mass is 79.9. The molecule has 0 radical (unpaired) electrons. The lowest BCUT2D eigenvalue weighted by atomic mass is 9.87. The highest BCUT2D eigenvalue weighted by Gasteiger charge is 2.42. The molecule has 8 heteroatoms. The number of ether oxygens (including phenoxy) is 1. The summed E-state index contributed by atoms with van der Waals surface area (Å²) >= 11 is 9.90. The number of rotatable bonds is 4. The Hall–Kier alpha value is -1.34. The van der Waals surface area contributed by atoms with Crippen LogP contribution in [-0.2, 0) is 12.8 Å². The third-order valence-corrected chi connectivity index (χ3v) is 6.82. The van der Waals surface area contributed by atoms with Crippen molar-refractivity contribution in [1.29, 1.82) is 0 Å². The fourth-order valence-corrected chi connectivity index (χ4v) is 5.45. The first-order valence-electron chi connectivity index (χ1n) is 9.94. The molecular weight excluding hydrogens is 494 g/mol. The first-order chi connectivity index (χ1) is 14.0. The lowest BCUT2D eigenvalue weighted by molar-refractivity contribution is 0.0192. The van der Waals surface area contributed by atoms with Crippen LogP contribution in [0.15, 0.2) is 39.3 Å². The minimum atomic E-state index is -0.299. The van der Waals surface area contributed by atoms with Gasteiger partial charge in [-0.05, 0) is 43.7 Å². The van der Waals surface area contributed by atoms with E-state index in [0.717, 1.165) is 73.0 Å². The van der Waals surface area contributed by atoms with Gasteiger partial charge in [-0.1, -0.05) is 32.7 Å². The number of likely N-dealkylation sites (tertiary alicyclic amines) is 1. The van der Waals surface area contributed by atoms with Gasteiger partial charge in [-0.15, -0.1) is 12.4 Å². The molecule has 1 fully saturated rings. The highest BCUT2D eigenvalue weighted by Crippen LogP contribution is 2.45. The fraction of sp³-hybridized carbons (Fsp3) is 0.409. The maximum Gasteiger partial charge on any atom is 0.170 e. The number of hydrogen-bond acceptors (Lipinski definition) is 4. The van der Waals surface area contributed by atoms with Crippen molar-refractivity contribution in [2.75, 3.05) is 19.6 Å². The van der Waals surface area contributed by atoms with E-state index in [-0.39, 0.29) is 23.8 Å². The average Bonchev–Trinajstić information content (AvgIpc) is 3.25. The Balaban J connectivity index is 0.00000218.